The number of aliphatic hydroxyl groups excluding tert-OH is 7. The molecule has 0 saturated carbocycles. The Balaban J connectivity index is -0.0000000970. The minimum absolute atomic E-state index is 0.0765. The van der Waals surface area contributed by atoms with E-state index in [0.29, 0.717) is 45.2 Å². The number of hydrogen-bond acceptors (Lipinski definition) is 16. The number of ether oxygens (including phenoxy) is 7. The maximum absolute atomic E-state index is 10.2. The maximum atomic E-state index is 10.2. The Labute approximate surface area is 401 Å². The average molecular weight is 963 g/mol. The second kappa shape index (κ2) is 79.6. The van der Waals surface area contributed by atoms with Crippen LogP contribution in [-0.4, -0.2) is 171 Å². The molecule has 400 valence electrons. The van der Waals surface area contributed by atoms with Crippen LogP contribution >= 0.6 is 0 Å². The molecule has 1 rings (SSSR count). The molecule has 0 unspecified atom stereocenters. The molecule has 0 radical (unpaired) electrons. The molecule has 1 heterocycles. The van der Waals surface area contributed by atoms with Crippen molar-refractivity contribution in [3.8, 4) is 0 Å². The van der Waals surface area contributed by atoms with Crippen LogP contribution in [0.3, 0.4) is 0 Å². The molecule has 17 heteroatoms. The van der Waals surface area contributed by atoms with Crippen LogP contribution in [0, 0.1) is 0 Å². The molecule has 6 atom stereocenters. The number of carbonyl (C=O) groups excluding carboxylic acids is 1. The van der Waals surface area contributed by atoms with Gasteiger partial charge in [-0.15, -0.1) is 26.3 Å². The summed E-state index contributed by atoms with van der Waals surface area (Å²) in [5.74, 6) is -0.911. The normalized spacial score (nSPS) is 13.5. The summed E-state index contributed by atoms with van der Waals surface area (Å²) >= 11 is 0. The number of rotatable bonds is 32. The smallest absolute Gasteiger partial charge is 0.306 e. The van der Waals surface area contributed by atoms with Gasteiger partial charge in [0.25, 0.3) is 0 Å². The SMILES string of the molecule is C=C[C@@H](CC(=O)O)OCOC.C=C[C@@H](CCC)OCOC.C=C[C@@H](CCO)OCOC.C=C[C@H](O)CCC.CCCC=O.CCCCO.CCC[C@@H](O)CO.CCC[C@@H]1CO1.OCCCO. The van der Waals surface area contributed by atoms with Crippen molar-refractivity contribution >= 4 is 12.3 Å². The molecule has 17 nitrogen and oxygen atoms in total. The van der Waals surface area contributed by atoms with Gasteiger partial charge in [-0.2, -0.15) is 0 Å². The summed E-state index contributed by atoms with van der Waals surface area (Å²) in [6, 6.07) is 0. The Kier molecular flexibility index (Phi) is 97.2. The summed E-state index contributed by atoms with van der Waals surface area (Å²) in [5.41, 5.74) is 0. The van der Waals surface area contributed by atoms with Gasteiger partial charge in [0.05, 0.1) is 56.3 Å². The third-order valence-electron chi connectivity index (χ3n) is 7.29. The van der Waals surface area contributed by atoms with E-state index >= 15 is 0 Å². The highest BCUT2D eigenvalue weighted by Gasteiger charge is 2.19. The molecule has 8 N–H and O–H groups in total. The number of aliphatic hydroxyl groups is 7. The number of hydrogen-bond donors (Lipinski definition) is 8. The summed E-state index contributed by atoms with van der Waals surface area (Å²) in [6.45, 7) is 28.6. The van der Waals surface area contributed by atoms with Crippen LogP contribution in [0.2, 0.25) is 0 Å². The molecule has 0 aromatic carbocycles. The second-order valence-electron chi connectivity index (χ2n) is 13.7. The largest absolute Gasteiger partial charge is 0.481 e. The van der Waals surface area contributed by atoms with E-state index in [1.807, 2.05) is 26.8 Å². The van der Waals surface area contributed by atoms with Gasteiger partial charge in [0.1, 0.15) is 26.7 Å². The quantitative estimate of drug-likeness (QED) is 0.0147. The highest BCUT2D eigenvalue weighted by molar-refractivity contribution is 5.67. The highest BCUT2D eigenvalue weighted by Crippen LogP contribution is 2.14. The van der Waals surface area contributed by atoms with E-state index in [1.165, 1.54) is 26.0 Å². The van der Waals surface area contributed by atoms with Crippen LogP contribution in [0.4, 0.5) is 0 Å². The van der Waals surface area contributed by atoms with Gasteiger partial charge in [0.15, 0.2) is 0 Å². The number of epoxide rings is 1. The van der Waals surface area contributed by atoms with Gasteiger partial charge in [0.2, 0.25) is 0 Å². The first-order chi connectivity index (χ1) is 31.7. The van der Waals surface area contributed by atoms with Gasteiger partial charge in [-0.3, -0.25) is 4.79 Å². The number of methoxy groups -OCH3 is 3. The van der Waals surface area contributed by atoms with Crippen molar-refractivity contribution in [3.63, 3.8) is 0 Å². The van der Waals surface area contributed by atoms with Crippen LogP contribution in [0.5, 0.6) is 0 Å². The van der Waals surface area contributed by atoms with E-state index in [-0.39, 0.29) is 64.7 Å². The number of aliphatic carboxylic acids is 1. The Morgan fingerprint density at radius 1 is 0.606 bits per heavy atom. The summed E-state index contributed by atoms with van der Waals surface area (Å²) in [6.07, 6.45) is 19.7. The summed E-state index contributed by atoms with van der Waals surface area (Å²) < 4.78 is 34.2. The van der Waals surface area contributed by atoms with Crippen molar-refractivity contribution in [3.05, 3.63) is 50.6 Å². The van der Waals surface area contributed by atoms with Gasteiger partial charge in [-0.25, -0.2) is 0 Å². The van der Waals surface area contributed by atoms with Crippen LogP contribution < -0.4 is 0 Å². The van der Waals surface area contributed by atoms with Crippen molar-refractivity contribution < 1.29 is 83.6 Å². The van der Waals surface area contributed by atoms with E-state index in [2.05, 4.69) is 56.6 Å². The number of carbonyl (C=O) groups is 2. The fourth-order valence-corrected chi connectivity index (χ4v) is 3.54. The summed E-state index contributed by atoms with van der Waals surface area (Å²) in [5, 5.41) is 66.3. The van der Waals surface area contributed by atoms with Crippen molar-refractivity contribution in [2.45, 2.75) is 174 Å². The van der Waals surface area contributed by atoms with E-state index in [0.717, 1.165) is 64.3 Å². The van der Waals surface area contributed by atoms with Crippen molar-refractivity contribution in [1.82, 2.24) is 0 Å². The topological polar surface area (TPSA) is 264 Å². The van der Waals surface area contributed by atoms with Crippen LogP contribution in [0.15, 0.2) is 50.6 Å². The molecule has 0 bridgehead atoms. The lowest BCUT2D eigenvalue weighted by atomic mass is 10.2. The van der Waals surface area contributed by atoms with Crippen LogP contribution in [0.1, 0.15) is 138 Å². The van der Waals surface area contributed by atoms with Crippen molar-refractivity contribution in [1.29, 1.82) is 0 Å². The van der Waals surface area contributed by atoms with Crippen LogP contribution in [0.25, 0.3) is 0 Å². The maximum Gasteiger partial charge on any atom is 0.306 e. The second-order valence-corrected chi connectivity index (χ2v) is 13.7. The number of unbranched alkanes of at least 4 members (excludes halogenated alkanes) is 2. The third kappa shape index (κ3) is 99.8. The average Bonchev–Trinajstić information content (AvgIpc) is 4.15. The minimum atomic E-state index is -0.911. The van der Waals surface area contributed by atoms with Crippen molar-refractivity contribution in [2.75, 3.05) is 81.3 Å². The molecule has 0 aromatic heterocycles. The molecule has 1 saturated heterocycles. The first kappa shape index (κ1) is 80.6. The molecule has 66 heavy (non-hydrogen) atoms. The van der Waals surface area contributed by atoms with Crippen LogP contribution in [-0.2, 0) is 42.7 Å². The Morgan fingerprint density at radius 2 is 1.05 bits per heavy atom. The predicted molar refractivity (Wildman–Crippen MR) is 265 cm³/mol. The summed E-state index contributed by atoms with van der Waals surface area (Å²) in [7, 11) is 4.64. The molecular weight excluding hydrogens is 861 g/mol. The molecule has 0 aromatic rings. The molecule has 1 aliphatic heterocycles. The monoisotopic (exact) mass is 963 g/mol. The fourth-order valence-electron chi connectivity index (χ4n) is 3.54. The Morgan fingerprint density at radius 3 is 1.23 bits per heavy atom. The molecule has 0 amide bonds. The zero-order chi connectivity index (χ0) is 52.5. The van der Waals surface area contributed by atoms with Crippen molar-refractivity contribution in [2.24, 2.45) is 0 Å². The first-order valence-corrected chi connectivity index (χ1v) is 23.2. The first-order valence-electron chi connectivity index (χ1n) is 23.2. The predicted octanol–water partition coefficient (Wildman–Crippen LogP) is 6.93. The third-order valence-corrected chi connectivity index (χ3v) is 7.29. The molecule has 0 aliphatic carbocycles. The number of carboxylic acid groups (broad SMARTS) is 1. The molecule has 1 aliphatic rings. The van der Waals surface area contributed by atoms with Gasteiger partial charge < -0.3 is 78.8 Å². The zero-order valence-electron chi connectivity index (χ0n) is 42.9. The zero-order valence-corrected chi connectivity index (χ0v) is 42.9. The van der Waals surface area contributed by atoms with E-state index < -0.39 is 18.2 Å². The van der Waals surface area contributed by atoms with Gasteiger partial charge >= 0.3 is 5.97 Å². The van der Waals surface area contributed by atoms with Gasteiger partial charge in [-0.1, -0.05) is 98.0 Å². The van der Waals surface area contributed by atoms with E-state index in [9.17, 15) is 9.59 Å². The number of carboxylic acids is 1. The lowest BCUT2D eigenvalue weighted by Crippen LogP contribution is -2.16. The van der Waals surface area contributed by atoms with E-state index in [1.54, 1.807) is 26.4 Å². The molecule has 0 spiro atoms. The highest BCUT2D eigenvalue weighted by atomic mass is 16.7. The lowest BCUT2D eigenvalue weighted by molar-refractivity contribution is -0.141. The van der Waals surface area contributed by atoms with Gasteiger partial charge in [0, 0.05) is 60.6 Å². The number of aldehydes is 1. The fraction of sp³-hybridized carbons (Fsp3) is 0.796. The standard InChI is InChI=1S/C8H16O2.C7H12O4.C7H14O3.C6H12O.C5H12O2.C5H10O.C4H10O.C4H8O.C3H8O2/c1-4-6-8(5-2)10-7-9-3;1-3-6(4-7(8)9)11-5-10-2;1-3-7(4-5-8)10-6-9-2;1-3-5-6(7)4-2;1-2-3-5(7)4-6;1-2-3-5-4-6-5;2*1-2-3-4-5;4-2-1-3-5/h5,8H,2,4,6-7H2,1,3H3;3,6H,1,4-5H2,2H3,(H,8,9);3,7-8H,1,4-6H2,2H3;4,6-7H,2-3,5H2,1H3;5-7H,2-4H2,1H3;5H,2-4H2,1H3;5H,2-4H2,1H3;4H,2-3H2,1H3;4-5H,1-3H2/t8-;6-;7-;6-;2*5-;;;/m000011.../s1. The molecular formula is C49H102O17. The molecule has 1 fully saturated rings. The van der Waals surface area contributed by atoms with E-state index in [4.69, 9.17) is 64.5 Å². The lowest BCUT2D eigenvalue weighted by Gasteiger charge is -2.10. The Hall–Kier alpha value is -2.46. The van der Waals surface area contributed by atoms with Gasteiger partial charge in [-0.05, 0) is 44.9 Å². The summed E-state index contributed by atoms with van der Waals surface area (Å²) in [4.78, 5) is 19.6. The minimum Gasteiger partial charge on any atom is -0.481 e. The Bertz CT molecular complexity index is 862.